The van der Waals surface area contributed by atoms with Gasteiger partial charge in [-0.25, -0.2) is 0 Å². The van der Waals surface area contributed by atoms with Crippen LogP contribution in [0.4, 0.5) is 5.69 Å². The van der Waals surface area contributed by atoms with Gasteiger partial charge in [-0.1, -0.05) is 6.07 Å². The first-order valence-electron chi connectivity index (χ1n) is 5.95. The molecule has 0 spiro atoms. The lowest BCUT2D eigenvalue weighted by molar-refractivity contribution is -0.115. The van der Waals surface area contributed by atoms with Gasteiger partial charge in [-0.15, -0.1) is 0 Å². The van der Waals surface area contributed by atoms with Crippen molar-refractivity contribution in [2.45, 2.75) is 18.9 Å². The van der Waals surface area contributed by atoms with Gasteiger partial charge in [-0.2, -0.15) is 0 Å². The van der Waals surface area contributed by atoms with Crippen molar-refractivity contribution in [1.82, 2.24) is 5.32 Å². The van der Waals surface area contributed by atoms with Gasteiger partial charge in [0.25, 0.3) is 5.91 Å². The summed E-state index contributed by atoms with van der Waals surface area (Å²) in [5.74, 6) is -0.451. The SMILES string of the molecule is CC(O)(CO)CNC(=O)c1ccc2c(c1)NC(=O)C2. The Morgan fingerprint density at radius 2 is 2.26 bits per heavy atom. The summed E-state index contributed by atoms with van der Waals surface area (Å²) in [6.07, 6.45) is 0.330. The smallest absolute Gasteiger partial charge is 0.251 e. The Morgan fingerprint density at radius 1 is 1.53 bits per heavy atom. The highest BCUT2D eigenvalue weighted by molar-refractivity contribution is 6.02. The van der Waals surface area contributed by atoms with Crippen molar-refractivity contribution in [3.8, 4) is 0 Å². The number of hydrogen-bond acceptors (Lipinski definition) is 4. The lowest BCUT2D eigenvalue weighted by atomic mass is 10.1. The first-order valence-corrected chi connectivity index (χ1v) is 5.95. The predicted molar refractivity (Wildman–Crippen MR) is 68.8 cm³/mol. The Labute approximate surface area is 110 Å². The second-order valence-corrected chi connectivity index (χ2v) is 4.93. The molecule has 1 aromatic carbocycles. The van der Waals surface area contributed by atoms with Gasteiger partial charge in [0.2, 0.25) is 5.91 Å². The fourth-order valence-corrected chi connectivity index (χ4v) is 1.78. The molecule has 1 aromatic rings. The van der Waals surface area contributed by atoms with Crippen LogP contribution in [0.15, 0.2) is 18.2 Å². The number of carbonyl (C=O) groups is 2. The highest BCUT2D eigenvalue weighted by Crippen LogP contribution is 2.23. The van der Waals surface area contributed by atoms with Crippen LogP contribution in [-0.2, 0) is 11.2 Å². The minimum atomic E-state index is -1.35. The van der Waals surface area contributed by atoms with Gasteiger partial charge in [0.1, 0.15) is 5.60 Å². The number of aliphatic hydroxyl groups excluding tert-OH is 1. The standard InChI is InChI=1S/C13H16N2O4/c1-13(19,7-16)6-14-12(18)9-3-2-8-5-11(17)15-10(8)4-9/h2-4,16,19H,5-7H2,1H3,(H,14,18)(H,15,17). The summed E-state index contributed by atoms with van der Waals surface area (Å²) in [5.41, 5.74) is 0.561. The molecule has 19 heavy (non-hydrogen) atoms. The summed E-state index contributed by atoms with van der Waals surface area (Å²) >= 11 is 0. The van der Waals surface area contributed by atoms with E-state index < -0.39 is 12.2 Å². The second kappa shape index (κ2) is 4.99. The van der Waals surface area contributed by atoms with Crippen molar-refractivity contribution < 1.29 is 19.8 Å². The molecule has 0 bridgehead atoms. The molecular weight excluding hydrogens is 248 g/mol. The Hall–Kier alpha value is -1.92. The number of aliphatic hydroxyl groups is 2. The van der Waals surface area contributed by atoms with Crippen molar-refractivity contribution in [3.05, 3.63) is 29.3 Å². The van der Waals surface area contributed by atoms with E-state index in [1.54, 1.807) is 18.2 Å². The predicted octanol–water partition coefficient (Wildman–Crippen LogP) is -0.346. The van der Waals surface area contributed by atoms with Crippen LogP contribution in [0, 0.1) is 0 Å². The maximum atomic E-state index is 11.9. The van der Waals surface area contributed by atoms with Crippen LogP contribution in [0.5, 0.6) is 0 Å². The molecular formula is C13H16N2O4. The van der Waals surface area contributed by atoms with Crippen molar-refractivity contribution in [2.24, 2.45) is 0 Å². The van der Waals surface area contributed by atoms with E-state index >= 15 is 0 Å². The third-order valence-corrected chi connectivity index (χ3v) is 2.97. The first kappa shape index (κ1) is 13.5. The Morgan fingerprint density at radius 3 is 2.95 bits per heavy atom. The monoisotopic (exact) mass is 264 g/mol. The normalized spacial score (nSPS) is 16.5. The molecule has 1 heterocycles. The number of amides is 2. The lowest BCUT2D eigenvalue weighted by Crippen LogP contribution is -2.43. The Kier molecular flexibility index (Phi) is 3.55. The minimum absolute atomic E-state index is 0.0498. The number of fused-ring (bicyclic) bond motifs is 1. The number of carbonyl (C=O) groups excluding carboxylic acids is 2. The summed E-state index contributed by atoms with van der Waals surface area (Å²) in [4.78, 5) is 23.1. The highest BCUT2D eigenvalue weighted by Gasteiger charge is 2.22. The summed E-state index contributed by atoms with van der Waals surface area (Å²) in [7, 11) is 0. The minimum Gasteiger partial charge on any atom is -0.393 e. The van der Waals surface area contributed by atoms with Crippen LogP contribution >= 0.6 is 0 Å². The van der Waals surface area contributed by atoms with Crippen LogP contribution in [0.3, 0.4) is 0 Å². The van der Waals surface area contributed by atoms with E-state index in [2.05, 4.69) is 10.6 Å². The summed E-state index contributed by atoms with van der Waals surface area (Å²) in [6.45, 7) is 0.940. The van der Waals surface area contributed by atoms with Crippen molar-refractivity contribution in [3.63, 3.8) is 0 Å². The molecule has 0 radical (unpaired) electrons. The fraction of sp³-hybridized carbons (Fsp3) is 0.385. The molecule has 1 aliphatic rings. The molecule has 2 rings (SSSR count). The summed E-state index contributed by atoms with van der Waals surface area (Å²) in [5, 5.41) is 23.7. The van der Waals surface area contributed by atoms with Crippen molar-refractivity contribution in [2.75, 3.05) is 18.5 Å². The molecule has 6 nitrogen and oxygen atoms in total. The summed E-state index contributed by atoms with van der Waals surface area (Å²) < 4.78 is 0. The molecule has 1 unspecified atom stereocenters. The van der Waals surface area contributed by atoms with Crippen LogP contribution in [0.2, 0.25) is 0 Å². The summed E-state index contributed by atoms with van der Waals surface area (Å²) in [6, 6.07) is 4.96. The molecule has 1 atom stereocenters. The zero-order chi connectivity index (χ0) is 14.0. The quantitative estimate of drug-likeness (QED) is 0.597. The first-order chi connectivity index (χ1) is 8.91. The molecule has 1 aliphatic heterocycles. The van der Waals surface area contributed by atoms with Crippen LogP contribution in [0.1, 0.15) is 22.8 Å². The maximum Gasteiger partial charge on any atom is 0.251 e. The molecule has 2 amide bonds. The number of benzene rings is 1. The van der Waals surface area contributed by atoms with Gasteiger partial charge in [0.05, 0.1) is 13.0 Å². The van der Waals surface area contributed by atoms with E-state index in [1.165, 1.54) is 6.92 Å². The molecule has 102 valence electrons. The van der Waals surface area contributed by atoms with E-state index in [-0.39, 0.29) is 18.4 Å². The maximum absolute atomic E-state index is 11.9. The molecule has 0 aromatic heterocycles. The molecule has 6 heteroatoms. The number of anilines is 1. The molecule has 0 fully saturated rings. The average molecular weight is 264 g/mol. The zero-order valence-electron chi connectivity index (χ0n) is 10.6. The number of nitrogens with one attached hydrogen (secondary N) is 2. The average Bonchev–Trinajstić information content (AvgIpc) is 2.75. The van der Waals surface area contributed by atoms with E-state index in [0.29, 0.717) is 17.7 Å². The van der Waals surface area contributed by atoms with Gasteiger partial charge in [-0.05, 0) is 24.6 Å². The zero-order valence-corrected chi connectivity index (χ0v) is 10.6. The molecule has 4 N–H and O–H groups in total. The van der Waals surface area contributed by atoms with Crippen LogP contribution in [-0.4, -0.2) is 40.8 Å². The fourth-order valence-electron chi connectivity index (χ4n) is 1.78. The number of rotatable bonds is 4. The van der Waals surface area contributed by atoms with Gasteiger partial charge in [0.15, 0.2) is 0 Å². The third-order valence-electron chi connectivity index (χ3n) is 2.97. The van der Waals surface area contributed by atoms with Crippen molar-refractivity contribution in [1.29, 1.82) is 0 Å². The van der Waals surface area contributed by atoms with Crippen LogP contribution < -0.4 is 10.6 Å². The number of hydrogen-bond donors (Lipinski definition) is 4. The Bertz CT molecular complexity index is 525. The third kappa shape index (κ3) is 3.10. The largest absolute Gasteiger partial charge is 0.393 e. The second-order valence-electron chi connectivity index (χ2n) is 4.93. The van der Waals surface area contributed by atoms with Crippen molar-refractivity contribution >= 4 is 17.5 Å². The Balaban J connectivity index is 2.05. The van der Waals surface area contributed by atoms with E-state index in [1.807, 2.05) is 0 Å². The van der Waals surface area contributed by atoms with E-state index in [4.69, 9.17) is 5.11 Å². The molecule has 0 saturated heterocycles. The van der Waals surface area contributed by atoms with Gasteiger partial charge in [-0.3, -0.25) is 9.59 Å². The topological polar surface area (TPSA) is 98.7 Å². The van der Waals surface area contributed by atoms with Crippen LogP contribution in [0.25, 0.3) is 0 Å². The molecule has 0 aliphatic carbocycles. The van der Waals surface area contributed by atoms with E-state index in [9.17, 15) is 14.7 Å². The van der Waals surface area contributed by atoms with Gasteiger partial charge >= 0.3 is 0 Å². The van der Waals surface area contributed by atoms with Gasteiger partial charge < -0.3 is 20.8 Å². The highest BCUT2D eigenvalue weighted by atomic mass is 16.3. The molecule has 0 saturated carbocycles. The van der Waals surface area contributed by atoms with Gasteiger partial charge in [0, 0.05) is 17.8 Å². The van der Waals surface area contributed by atoms with E-state index in [0.717, 1.165) is 5.56 Å². The lowest BCUT2D eigenvalue weighted by Gasteiger charge is -2.20.